The summed E-state index contributed by atoms with van der Waals surface area (Å²) in [5.74, 6) is -2.23. The Morgan fingerprint density at radius 2 is 2.15 bits per heavy atom. The summed E-state index contributed by atoms with van der Waals surface area (Å²) in [7, 11) is -3.24. The lowest BCUT2D eigenvalue weighted by Gasteiger charge is -2.05. The molecule has 0 aromatic rings. The van der Waals surface area contributed by atoms with Crippen LogP contribution in [0.15, 0.2) is 12.7 Å². The Kier molecular flexibility index (Phi) is 4.69. The maximum absolute atomic E-state index is 11.2. The van der Waals surface area contributed by atoms with Crippen LogP contribution in [0.5, 0.6) is 0 Å². The molecule has 0 aliphatic rings. The number of hydrogen-bond donors (Lipinski definition) is 1. The van der Waals surface area contributed by atoms with Gasteiger partial charge in [0.05, 0.1) is 17.4 Å². The van der Waals surface area contributed by atoms with Gasteiger partial charge in [0.25, 0.3) is 0 Å². The zero-order valence-electron chi connectivity index (χ0n) is 7.56. The Balaban J connectivity index is 4.17. The molecule has 0 saturated heterocycles. The van der Waals surface area contributed by atoms with Crippen LogP contribution in [0.3, 0.4) is 0 Å². The first-order valence-corrected chi connectivity index (χ1v) is 5.75. The monoisotopic (exact) mass is 206 g/mol. The summed E-state index contributed by atoms with van der Waals surface area (Å²) in [4.78, 5) is 10.4. The number of sulfone groups is 1. The van der Waals surface area contributed by atoms with E-state index in [1.165, 1.54) is 13.0 Å². The van der Waals surface area contributed by atoms with E-state index in [0.29, 0.717) is 6.42 Å². The van der Waals surface area contributed by atoms with Crippen LogP contribution in [-0.4, -0.2) is 31.0 Å². The lowest BCUT2D eigenvalue weighted by atomic mass is 10.2. The van der Waals surface area contributed by atoms with Gasteiger partial charge in [-0.1, -0.05) is 13.0 Å². The van der Waals surface area contributed by atoms with Crippen LogP contribution in [0.1, 0.15) is 13.3 Å². The van der Waals surface area contributed by atoms with Crippen LogP contribution in [0.25, 0.3) is 0 Å². The molecule has 1 atom stereocenters. The van der Waals surface area contributed by atoms with Crippen LogP contribution in [0, 0.1) is 5.92 Å². The summed E-state index contributed by atoms with van der Waals surface area (Å²) >= 11 is 0. The number of carboxylic acids is 1. The van der Waals surface area contributed by atoms with Gasteiger partial charge in [-0.05, 0) is 6.42 Å². The van der Waals surface area contributed by atoms with E-state index in [4.69, 9.17) is 5.11 Å². The normalized spacial score (nSPS) is 13.6. The molecule has 0 aliphatic carbocycles. The van der Waals surface area contributed by atoms with Gasteiger partial charge in [-0.3, -0.25) is 4.79 Å². The quantitative estimate of drug-likeness (QED) is 0.649. The minimum absolute atomic E-state index is 0.0197. The molecule has 0 aromatic carbocycles. The molecule has 0 amide bonds. The summed E-state index contributed by atoms with van der Waals surface area (Å²) in [5, 5.41) is 8.49. The van der Waals surface area contributed by atoms with Gasteiger partial charge in [-0.25, -0.2) is 8.42 Å². The first-order valence-electron chi connectivity index (χ1n) is 3.93. The van der Waals surface area contributed by atoms with Crippen molar-refractivity contribution >= 4 is 15.8 Å². The summed E-state index contributed by atoms with van der Waals surface area (Å²) < 4.78 is 22.4. The molecular formula is C8H14O4S. The summed E-state index contributed by atoms with van der Waals surface area (Å²) in [5.41, 5.74) is 0. The number of rotatable bonds is 6. The fraction of sp³-hybridized carbons (Fsp3) is 0.625. The van der Waals surface area contributed by atoms with Gasteiger partial charge in [-0.2, -0.15) is 0 Å². The van der Waals surface area contributed by atoms with Crippen molar-refractivity contribution in [3.8, 4) is 0 Å². The van der Waals surface area contributed by atoms with Crippen LogP contribution in [-0.2, 0) is 14.6 Å². The maximum atomic E-state index is 11.2. The van der Waals surface area contributed by atoms with Crippen molar-refractivity contribution in [2.75, 3.05) is 11.5 Å². The predicted octanol–water partition coefficient (Wildman–Crippen LogP) is 0.698. The smallest absolute Gasteiger partial charge is 0.307 e. The molecule has 0 bridgehead atoms. The summed E-state index contributed by atoms with van der Waals surface area (Å²) in [6, 6.07) is 0. The van der Waals surface area contributed by atoms with E-state index >= 15 is 0 Å². The van der Waals surface area contributed by atoms with Crippen molar-refractivity contribution < 1.29 is 18.3 Å². The molecule has 0 spiro atoms. The minimum Gasteiger partial charge on any atom is -0.481 e. The highest BCUT2D eigenvalue weighted by Gasteiger charge is 2.19. The lowest BCUT2D eigenvalue weighted by Crippen LogP contribution is -2.22. The molecule has 13 heavy (non-hydrogen) atoms. The van der Waals surface area contributed by atoms with Gasteiger partial charge in [-0.15, -0.1) is 6.58 Å². The highest BCUT2D eigenvalue weighted by atomic mass is 32.2. The third-order valence-corrected chi connectivity index (χ3v) is 3.42. The van der Waals surface area contributed by atoms with Crippen LogP contribution in [0.2, 0.25) is 0 Å². The number of aliphatic carboxylic acids is 1. The third-order valence-electron chi connectivity index (χ3n) is 1.56. The highest BCUT2D eigenvalue weighted by Crippen LogP contribution is 2.03. The summed E-state index contributed by atoms with van der Waals surface area (Å²) in [6.45, 7) is 4.78. The maximum Gasteiger partial charge on any atom is 0.307 e. The Hall–Kier alpha value is -0.840. The Labute approximate surface area is 78.2 Å². The van der Waals surface area contributed by atoms with E-state index < -0.39 is 21.7 Å². The van der Waals surface area contributed by atoms with E-state index in [1.807, 2.05) is 0 Å². The van der Waals surface area contributed by atoms with E-state index in [1.54, 1.807) is 0 Å². The summed E-state index contributed by atoms with van der Waals surface area (Å²) in [6.07, 6.45) is 1.87. The van der Waals surface area contributed by atoms with Gasteiger partial charge in [0.1, 0.15) is 0 Å². The zero-order chi connectivity index (χ0) is 10.5. The third kappa shape index (κ3) is 5.41. The van der Waals surface area contributed by atoms with Crippen molar-refractivity contribution in [1.29, 1.82) is 0 Å². The van der Waals surface area contributed by atoms with E-state index in [0.717, 1.165) is 0 Å². The molecule has 1 N–H and O–H groups in total. The Morgan fingerprint density at radius 1 is 1.62 bits per heavy atom. The van der Waals surface area contributed by atoms with Gasteiger partial charge >= 0.3 is 5.97 Å². The average Bonchev–Trinajstić information content (AvgIpc) is 2.00. The van der Waals surface area contributed by atoms with Crippen molar-refractivity contribution in [2.45, 2.75) is 13.3 Å². The lowest BCUT2D eigenvalue weighted by molar-refractivity contribution is -0.140. The molecule has 0 radical (unpaired) electrons. The van der Waals surface area contributed by atoms with Crippen molar-refractivity contribution in [2.24, 2.45) is 5.92 Å². The molecule has 0 aromatic heterocycles. The molecule has 0 saturated carbocycles. The Morgan fingerprint density at radius 3 is 2.54 bits per heavy atom. The number of carbonyl (C=O) groups is 1. The van der Waals surface area contributed by atoms with Gasteiger partial charge in [0.15, 0.2) is 9.84 Å². The largest absolute Gasteiger partial charge is 0.481 e. The van der Waals surface area contributed by atoms with Crippen molar-refractivity contribution in [3.63, 3.8) is 0 Å². The number of carboxylic acid groups (broad SMARTS) is 1. The molecule has 4 nitrogen and oxygen atoms in total. The second-order valence-electron chi connectivity index (χ2n) is 2.93. The fourth-order valence-corrected chi connectivity index (χ4v) is 2.40. The zero-order valence-corrected chi connectivity index (χ0v) is 8.38. The van der Waals surface area contributed by atoms with Gasteiger partial charge < -0.3 is 5.11 Å². The van der Waals surface area contributed by atoms with Crippen molar-refractivity contribution in [1.82, 2.24) is 0 Å². The minimum atomic E-state index is -3.24. The molecule has 76 valence electrons. The molecule has 0 heterocycles. The van der Waals surface area contributed by atoms with Crippen LogP contribution < -0.4 is 0 Å². The first kappa shape index (κ1) is 12.2. The molecule has 0 rings (SSSR count). The van der Waals surface area contributed by atoms with E-state index in [-0.39, 0.29) is 11.5 Å². The molecule has 0 aliphatic heterocycles. The second-order valence-corrected chi connectivity index (χ2v) is 5.16. The molecular weight excluding hydrogens is 192 g/mol. The van der Waals surface area contributed by atoms with Crippen LogP contribution in [0.4, 0.5) is 0 Å². The molecule has 0 fully saturated rings. The van der Waals surface area contributed by atoms with Crippen LogP contribution >= 0.6 is 0 Å². The van der Waals surface area contributed by atoms with Gasteiger partial charge in [0, 0.05) is 0 Å². The van der Waals surface area contributed by atoms with Crippen molar-refractivity contribution in [3.05, 3.63) is 12.7 Å². The first-order chi connectivity index (χ1) is 5.89. The fourth-order valence-electron chi connectivity index (χ4n) is 0.798. The topological polar surface area (TPSA) is 71.4 Å². The molecule has 5 heteroatoms. The Bertz CT molecular complexity index is 279. The number of hydrogen-bond acceptors (Lipinski definition) is 3. The SMILES string of the molecule is C=CCCS(=O)(=O)C[C@@H](C)C(=O)O. The standard InChI is InChI=1S/C8H14O4S/c1-3-4-5-13(11,12)6-7(2)8(9)10/h3,7H,1,4-6H2,2H3,(H,9,10)/t7-/m1/s1. The average molecular weight is 206 g/mol. The second kappa shape index (κ2) is 5.01. The predicted molar refractivity (Wildman–Crippen MR) is 50.3 cm³/mol. The van der Waals surface area contributed by atoms with E-state index in [2.05, 4.69) is 6.58 Å². The number of allylic oxidation sites excluding steroid dienone is 1. The van der Waals surface area contributed by atoms with Gasteiger partial charge in [0.2, 0.25) is 0 Å². The van der Waals surface area contributed by atoms with E-state index in [9.17, 15) is 13.2 Å². The molecule has 0 unspecified atom stereocenters. The highest BCUT2D eigenvalue weighted by molar-refractivity contribution is 7.91.